The average molecular weight is 540 g/mol. The number of hydrogen-bond donors (Lipinski definition) is 2. The Morgan fingerprint density at radius 3 is 2.51 bits per heavy atom. The van der Waals surface area contributed by atoms with Crippen LogP contribution in [-0.4, -0.2) is 37.3 Å². The molecule has 4 aromatic rings. The molecule has 1 amide bonds. The zero-order valence-corrected chi connectivity index (χ0v) is 20.7. The van der Waals surface area contributed by atoms with Crippen molar-refractivity contribution in [3.8, 4) is 5.75 Å². The third-order valence-corrected chi connectivity index (χ3v) is 7.00. The number of furan rings is 1. The average Bonchev–Trinajstić information content (AvgIpc) is 3.42. The minimum Gasteiger partial charge on any atom is -0.503 e. The topological polar surface area (TPSA) is 153 Å². The van der Waals surface area contributed by atoms with Crippen molar-refractivity contribution >= 4 is 50.0 Å². The number of anilines is 1. The van der Waals surface area contributed by atoms with Crippen molar-refractivity contribution < 1.29 is 32.3 Å². The molecule has 0 spiro atoms. The third-order valence-electron chi connectivity index (χ3n) is 5.85. The zero-order valence-electron chi connectivity index (χ0n) is 19.1. The molecule has 0 fully saturated rings. The standard InChI is InChI=1S/C25H18ClN3O7S/c1-35-19-12-14(26)10-13-11-18(36-24(13)19)22(30)20-21(17-4-2-3-9-28-17)29(25(32)23(20)31)15-5-7-16(8-6-15)37(27,33)34/h2-12,21,31H,1H3,(H2,27,33,34). The van der Waals surface area contributed by atoms with Crippen LogP contribution in [0.1, 0.15) is 22.3 Å². The van der Waals surface area contributed by atoms with E-state index in [1.165, 1.54) is 49.7 Å². The van der Waals surface area contributed by atoms with Crippen LogP contribution in [0.5, 0.6) is 5.75 Å². The number of benzene rings is 2. The molecule has 0 bridgehead atoms. The molecule has 1 unspecified atom stereocenters. The minimum absolute atomic E-state index is 0.155. The number of nitrogens with zero attached hydrogens (tertiary/aromatic N) is 2. The molecule has 0 saturated heterocycles. The van der Waals surface area contributed by atoms with Crippen molar-refractivity contribution in [3.63, 3.8) is 0 Å². The van der Waals surface area contributed by atoms with E-state index in [-0.39, 0.29) is 33.2 Å². The van der Waals surface area contributed by atoms with Crippen LogP contribution >= 0.6 is 11.6 Å². The Morgan fingerprint density at radius 1 is 1.16 bits per heavy atom. The van der Waals surface area contributed by atoms with E-state index in [4.69, 9.17) is 25.9 Å². The van der Waals surface area contributed by atoms with Gasteiger partial charge in [0.25, 0.3) is 5.91 Å². The van der Waals surface area contributed by atoms with Crippen molar-refractivity contribution in [1.82, 2.24) is 4.98 Å². The highest BCUT2D eigenvalue weighted by atomic mass is 35.5. The number of ether oxygens (including phenoxy) is 1. The summed E-state index contributed by atoms with van der Waals surface area (Å²) in [6.45, 7) is 0. The predicted molar refractivity (Wildman–Crippen MR) is 134 cm³/mol. The maximum Gasteiger partial charge on any atom is 0.294 e. The second-order valence-corrected chi connectivity index (χ2v) is 10.1. The van der Waals surface area contributed by atoms with Gasteiger partial charge in [0.1, 0.15) is 6.04 Å². The van der Waals surface area contributed by atoms with E-state index in [0.29, 0.717) is 16.2 Å². The van der Waals surface area contributed by atoms with Gasteiger partial charge in [-0.3, -0.25) is 19.5 Å². The largest absolute Gasteiger partial charge is 0.503 e. The predicted octanol–water partition coefficient (Wildman–Crippen LogP) is 3.92. The minimum atomic E-state index is -3.98. The van der Waals surface area contributed by atoms with Crippen molar-refractivity contribution in [1.29, 1.82) is 0 Å². The number of sulfonamides is 1. The molecule has 1 aliphatic heterocycles. The number of Topliss-reactive ketones (excluding diaryl/α,β-unsaturated/α-hetero) is 1. The summed E-state index contributed by atoms with van der Waals surface area (Å²) in [7, 11) is -2.55. The van der Waals surface area contributed by atoms with Crippen molar-refractivity contribution in [2.24, 2.45) is 5.14 Å². The molecule has 188 valence electrons. The number of halogens is 1. The fraction of sp³-hybridized carbons (Fsp3) is 0.0800. The highest BCUT2D eigenvalue weighted by molar-refractivity contribution is 7.89. The number of aliphatic hydroxyl groups excluding tert-OH is 1. The number of amides is 1. The summed E-state index contributed by atoms with van der Waals surface area (Å²) in [5.74, 6) is -2.27. The second kappa shape index (κ2) is 9.04. The number of aliphatic hydroxyl groups is 1. The number of primary sulfonamides is 1. The number of carbonyl (C=O) groups excluding carboxylic acids is 2. The Kier molecular flexibility index (Phi) is 5.98. The van der Waals surface area contributed by atoms with Crippen molar-refractivity contribution in [2.75, 3.05) is 12.0 Å². The summed E-state index contributed by atoms with van der Waals surface area (Å²) >= 11 is 6.13. The van der Waals surface area contributed by atoms with Gasteiger partial charge >= 0.3 is 0 Å². The molecular formula is C25H18ClN3O7S. The Morgan fingerprint density at radius 2 is 1.89 bits per heavy atom. The zero-order chi connectivity index (χ0) is 26.5. The Bertz CT molecular complexity index is 1700. The molecule has 1 atom stereocenters. The maximum absolute atomic E-state index is 13.7. The molecule has 1 aliphatic rings. The van der Waals surface area contributed by atoms with Gasteiger partial charge in [-0.15, -0.1) is 0 Å². The van der Waals surface area contributed by atoms with Gasteiger partial charge in [0.2, 0.25) is 15.8 Å². The van der Waals surface area contributed by atoms with Gasteiger partial charge in [-0.2, -0.15) is 0 Å². The summed E-state index contributed by atoms with van der Waals surface area (Å²) in [5, 5.41) is 16.9. The smallest absolute Gasteiger partial charge is 0.294 e. The molecule has 3 N–H and O–H groups in total. The highest BCUT2D eigenvalue weighted by Crippen LogP contribution is 2.42. The van der Waals surface area contributed by atoms with E-state index in [1.807, 2.05) is 0 Å². The normalized spacial score (nSPS) is 16.0. The molecular weight excluding hydrogens is 522 g/mol. The number of rotatable bonds is 6. The molecule has 0 radical (unpaired) electrons. The van der Waals surface area contributed by atoms with E-state index in [0.717, 1.165) is 4.90 Å². The molecule has 5 rings (SSSR count). The van der Waals surface area contributed by atoms with Crippen LogP contribution in [-0.2, 0) is 14.8 Å². The fourth-order valence-electron chi connectivity index (χ4n) is 4.20. The molecule has 2 aromatic carbocycles. The molecule has 3 heterocycles. The molecule has 2 aromatic heterocycles. The van der Waals surface area contributed by atoms with Gasteiger partial charge in [-0.05, 0) is 48.5 Å². The molecule has 12 heteroatoms. The summed E-state index contributed by atoms with van der Waals surface area (Å²) in [6, 6.07) is 13.5. The van der Waals surface area contributed by atoms with E-state index in [2.05, 4.69) is 4.98 Å². The van der Waals surface area contributed by atoms with Gasteiger partial charge in [0.15, 0.2) is 22.9 Å². The number of fused-ring (bicyclic) bond motifs is 1. The van der Waals surface area contributed by atoms with Crippen LogP contribution in [0.2, 0.25) is 5.02 Å². The van der Waals surface area contributed by atoms with Crippen LogP contribution in [0, 0.1) is 0 Å². The first-order valence-electron chi connectivity index (χ1n) is 10.7. The summed E-state index contributed by atoms with van der Waals surface area (Å²) in [6.07, 6.45) is 1.48. The maximum atomic E-state index is 13.7. The number of ketones is 1. The third kappa shape index (κ3) is 4.22. The number of aromatic nitrogens is 1. The van der Waals surface area contributed by atoms with Crippen LogP contribution in [0.25, 0.3) is 11.0 Å². The Hall–Kier alpha value is -4.19. The number of pyridine rings is 1. The van der Waals surface area contributed by atoms with Gasteiger partial charge in [0.05, 0.1) is 23.3 Å². The first kappa shape index (κ1) is 24.5. The molecule has 0 aliphatic carbocycles. The lowest BCUT2D eigenvalue weighted by molar-refractivity contribution is -0.117. The summed E-state index contributed by atoms with van der Waals surface area (Å²) in [4.78, 5) is 32.3. The number of nitrogens with two attached hydrogens (primary N) is 1. The molecule has 37 heavy (non-hydrogen) atoms. The summed E-state index contributed by atoms with van der Waals surface area (Å²) < 4.78 is 34.4. The lowest BCUT2D eigenvalue weighted by Gasteiger charge is -2.26. The summed E-state index contributed by atoms with van der Waals surface area (Å²) in [5.41, 5.74) is 0.504. The van der Waals surface area contributed by atoms with Crippen LogP contribution in [0.3, 0.4) is 0 Å². The van der Waals surface area contributed by atoms with E-state index in [1.54, 1.807) is 24.3 Å². The Labute approximate surface area is 215 Å². The van der Waals surface area contributed by atoms with Crippen LogP contribution < -0.4 is 14.8 Å². The van der Waals surface area contributed by atoms with Crippen LogP contribution in [0.4, 0.5) is 5.69 Å². The Balaban J connectivity index is 1.64. The monoisotopic (exact) mass is 539 g/mol. The lowest BCUT2D eigenvalue weighted by atomic mass is 9.98. The first-order chi connectivity index (χ1) is 17.6. The van der Waals surface area contributed by atoms with Gasteiger partial charge in [-0.1, -0.05) is 17.7 Å². The number of hydrogen-bond acceptors (Lipinski definition) is 8. The fourth-order valence-corrected chi connectivity index (χ4v) is 4.93. The van der Waals surface area contributed by atoms with Crippen molar-refractivity contribution in [2.45, 2.75) is 10.9 Å². The lowest BCUT2D eigenvalue weighted by Crippen LogP contribution is -2.31. The SMILES string of the molecule is COc1cc(Cl)cc2cc(C(=O)C3=C(O)C(=O)N(c4ccc(S(N)(=O)=O)cc4)C3c3ccccn3)oc12. The van der Waals surface area contributed by atoms with E-state index < -0.39 is 33.5 Å². The van der Waals surface area contributed by atoms with Crippen LogP contribution in [0.15, 0.2) is 87.5 Å². The van der Waals surface area contributed by atoms with E-state index in [9.17, 15) is 23.1 Å². The number of methoxy groups -OCH3 is 1. The molecule has 10 nitrogen and oxygen atoms in total. The van der Waals surface area contributed by atoms with Crippen molar-refractivity contribution in [3.05, 3.63) is 94.7 Å². The van der Waals surface area contributed by atoms with Gasteiger partial charge in [0, 0.05) is 28.4 Å². The first-order valence-corrected chi connectivity index (χ1v) is 12.6. The quantitative estimate of drug-likeness (QED) is 0.349. The second-order valence-electron chi connectivity index (χ2n) is 8.10. The van der Waals surface area contributed by atoms with Gasteiger partial charge < -0.3 is 14.3 Å². The van der Waals surface area contributed by atoms with E-state index >= 15 is 0 Å². The van der Waals surface area contributed by atoms with Gasteiger partial charge in [-0.25, -0.2) is 13.6 Å². The highest BCUT2D eigenvalue weighted by Gasteiger charge is 2.46. The number of carbonyl (C=O) groups is 2. The molecule has 0 saturated carbocycles.